The molecule has 0 unspecified atom stereocenters. The van der Waals surface area contributed by atoms with E-state index in [1.807, 2.05) is 97.1 Å². The van der Waals surface area contributed by atoms with E-state index in [0.717, 1.165) is 32.0 Å². The van der Waals surface area contributed by atoms with Crippen molar-refractivity contribution in [2.45, 2.75) is 19.0 Å². The van der Waals surface area contributed by atoms with E-state index in [4.69, 9.17) is 5.41 Å². The summed E-state index contributed by atoms with van der Waals surface area (Å²) >= 11 is 1.46. The first-order chi connectivity index (χ1) is 16.5. The van der Waals surface area contributed by atoms with E-state index >= 15 is 0 Å². The highest BCUT2D eigenvalue weighted by atomic mass is 32.1. The van der Waals surface area contributed by atoms with Gasteiger partial charge in [0.25, 0.3) is 5.91 Å². The molecule has 3 aromatic carbocycles. The Balaban J connectivity index is 1.49. The first kappa shape index (κ1) is 21.8. The van der Waals surface area contributed by atoms with Gasteiger partial charge in [-0.25, -0.2) is 0 Å². The summed E-state index contributed by atoms with van der Waals surface area (Å²) in [5.74, 6) is -0.0684. The number of rotatable bonds is 6. The van der Waals surface area contributed by atoms with Crippen LogP contribution in [0.1, 0.15) is 33.3 Å². The zero-order chi connectivity index (χ0) is 23.7. The lowest BCUT2D eigenvalue weighted by atomic mass is 9.82. The van der Waals surface area contributed by atoms with Crippen LogP contribution in [0.2, 0.25) is 0 Å². The van der Waals surface area contributed by atoms with Gasteiger partial charge in [0, 0.05) is 4.88 Å². The predicted octanol–water partition coefficient (Wildman–Crippen LogP) is 5.43. The van der Waals surface area contributed by atoms with Crippen LogP contribution in [0.3, 0.4) is 0 Å². The third-order valence-electron chi connectivity index (χ3n) is 6.06. The maximum absolute atomic E-state index is 14.0. The lowest BCUT2D eigenvalue weighted by molar-refractivity contribution is -0.130. The fourth-order valence-electron chi connectivity index (χ4n) is 4.38. The molecule has 0 spiro atoms. The van der Waals surface area contributed by atoms with E-state index < -0.39 is 5.54 Å². The maximum Gasteiger partial charge on any atom is 0.264 e. The molecule has 2 heterocycles. The summed E-state index contributed by atoms with van der Waals surface area (Å²) < 4.78 is 0. The van der Waals surface area contributed by atoms with E-state index in [0.29, 0.717) is 0 Å². The topological polar surface area (TPSA) is 73.3 Å². The first-order valence-electron chi connectivity index (χ1n) is 11.0. The molecule has 5 nitrogen and oxygen atoms in total. The van der Waals surface area contributed by atoms with E-state index in [1.165, 1.54) is 16.2 Å². The van der Waals surface area contributed by atoms with Crippen LogP contribution in [0.4, 0.5) is 0 Å². The minimum atomic E-state index is -1.15. The SMILES string of the molecule is CC(=O)c1ccc(-c2cccc(CN3C(=N)NC(c4ccccc4)(c4ccccc4)C3=O)c2)s1. The Morgan fingerprint density at radius 1 is 0.912 bits per heavy atom. The van der Waals surface area contributed by atoms with Crippen molar-refractivity contribution in [1.29, 1.82) is 5.41 Å². The summed E-state index contributed by atoms with van der Waals surface area (Å²) in [6.07, 6.45) is 0. The number of nitrogens with zero attached hydrogens (tertiary/aromatic N) is 1. The summed E-state index contributed by atoms with van der Waals surface area (Å²) in [4.78, 5) is 28.9. The highest BCUT2D eigenvalue weighted by Crippen LogP contribution is 2.37. The zero-order valence-corrected chi connectivity index (χ0v) is 19.4. The molecule has 6 heteroatoms. The largest absolute Gasteiger partial charge is 0.334 e. The van der Waals surface area contributed by atoms with Crippen LogP contribution in [-0.2, 0) is 16.9 Å². The van der Waals surface area contributed by atoms with E-state index in [-0.39, 0.29) is 24.2 Å². The van der Waals surface area contributed by atoms with Gasteiger partial charge in [-0.15, -0.1) is 11.3 Å². The minimum absolute atomic E-state index is 0.0488. The van der Waals surface area contributed by atoms with Crippen LogP contribution in [0.25, 0.3) is 10.4 Å². The van der Waals surface area contributed by atoms with Gasteiger partial charge < -0.3 is 5.32 Å². The van der Waals surface area contributed by atoms with Crippen LogP contribution in [0.5, 0.6) is 0 Å². The zero-order valence-electron chi connectivity index (χ0n) is 18.6. The molecule has 5 rings (SSSR count). The summed E-state index contributed by atoms with van der Waals surface area (Å²) in [6, 6.07) is 30.8. The number of hydrogen-bond donors (Lipinski definition) is 2. The summed E-state index contributed by atoms with van der Waals surface area (Å²) in [5, 5.41) is 11.9. The van der Waals surface area contributed by atoms with Gasteiger partial charge in [0.2, 0.25) is 0 Å². The Hall–Kier alpha value is -4.03. The average molecular weight is 466 g/mol. The molecule has 1 aliphatic rings. The number of ketones is 1. The van der Waals surface area contributed by atoms with Gasteiger partial charge in [-0.3, -0.25) is 19.9 Å². The number of amides is 1. The van der Waals surface area contributed by atoms with Crippen LogP contribution in [0, 0.1) is 5.41 Å². The Kier molecular flexibility index (Phi) is 5.59. The van der Waals surface area contributed by atoms with Crippen LogP contribution in [-0.4, -0.2) is 22.5 Å². The smallest absolute Gasteiger partial charge is 0.264 e. The van der Waals surface area contributed by atoms with Crippen molar-refractivity contribution in [3.05, 3.63) is 119 Å². The number of thiophene rings is 1. The Morgan fingerprint density at radius 2 is 1.56 bits per heavy atom. The predicted molar refractivity (Wildman–Crippen MR) is 135 cm³/mol. The maximum atomic E-state index is 14.0. The van der Waals surface area contributed by atoms with E-state index in [2.05, 4.69) is 5.32 Å². The van der Waals surface area contributed by atoms with E-state index in [1.54, 1.807) is 6.92 Å². The second-order valence-electron chi connectivity index (χ2n) is 8.27. The number of benzene rings is 3. The van der Waals surface area contributed by atoms with Crippen molar-refractivity contribution in [3.63, 3.8) is 0 Å². The molecule has 1 aliphatic heterocycles. The summed E-state index contributed by atoms with van der Waals surface area (Å²) in [5.41, 5.74) is 2.33. The third kappa shape index (κ3) is 3.72. The van der Waals surface area contributed by atoms with Crippen molar-refractivity contribution in [2.75, 3.05) is 0 Å². The standard InChI is InChI=1S/C28H23N3O2S/c1-19(32)24-15-16-25(34-24)21-10-8-9-20(17-21)18-31-26(33)28(30-27(31)29,22-11-4-2-5-12-22)23-13-6-3-7-14-23/h2-17H,18H2,1H3,(H2,29,30). The summed E-state index contributed by atoms with van der Waals surface area (Å²) in [6.45, 7) is 1.83. The van der Waals surface area contributed by atoms with E-state index in [9.17, 15) is 9.59 Å². The fraction of sp³-hybridized carbons (Fsp3) is 0.107. The van der Waals surface area contributed by atoms with Gasteiger partial charge in [-0.2, -0.15) is 0 Å². The minimum Gasteiger partial charge on any atom is -0.334 e. The molecule has 4 aromatic rings. The molecule has 2 N–H and O–H groups in total. The Labute approximate surface area is 202 Å². The Bertz CT molecular complexity index is 1340. The molecule has 0 saturated carbocycles. The first-order valence-corrected chi connectivity index (χ1v) is 11.8. The number of hydrogen-bond acceptors (Lipinski definition) is 4. The molecular weight excluding hydrogens is 442 g/mol. The lowest BCUT2D eigenvalue weighted by Crippen LogP contribution is -2.45. The van der Waals surface area contributed by atoms with Gasteiger partial charge in [0.1, 0.15) is 0 Å². The lowest BCUT2D eigenvalue weighted by Gasteiger charge is -2.28. The van der Waals surface area contributed by atoms with Gasteiger partial charge in [0.05, 0.1) is 11.4 Å². The number of carbonyl (C=O) groups excluding carboxylic acids is 2. The molecule has 1 fully saturated rings. The second kappa shape index (κ2) is 8.72. The molecule has 0 bridgehead atoms. The molecule has 1 saturated heterocycles. The molecule has 0 radical (unpaired) electrons. The normalized spacial score (nSPS) is 14.8. The van der Waals surface area contributed by atoms with Crippen molar-refractivity contribution in [3.8, 4) is 10.4 Å². The van der Waals surface area contributed by atoms with Crippen LogP contribution >= 0.6 is 11.3 Å². The average Bonchev–Trinajstić information content (AvgIpc) is 3.46. The monoisotopic (exact) mass is 465 g/mol. The second-order valence-corrected chi connectivity index (χ2v) is 9.35. The number of carbonyl (C=O) groups is 2. The number of Topliss-reactive ketones (excluding diaryl/α,β-unsaturated/α-hetero) is 1. The van der Waals surface area contributed by atoms with Crippen molar-refractivity contribution >= 4 is 29.0 Å². The molecule has 0 aliphatic carbocycles. The molecule has 34 heavy (non-hydrogen) atoms. The molecule has 0 atom stereocenters. The van der Waals surface area contributed by atoms with Crippen LogP contribution in [0.15, 0.2) is 97.1 Å². The third-order valence-corrected chi connectivity index (χ3v) is 7.30. The van der Waals surface area contributed by atoms with Gasteiger partial charge in [-0.1, -0.05) is 78.9 Å². The molecule has 1 amide bonds. The van der Waals surface area contributed by atoms with Gasteiger partial charge in [0.15, 0.2) is 17.3 Å². The van der Waals surface area contributed by atoms with Gasteiger partial charge >= 0.3 is 0 Å². The van der Waals surface area contributed by atoms with Gasteiger partial charge in [-0.05, 0) is 47.4 Å². The highest BCUT2D eigenvalue weighted by Gasteiger charge is 2.52. The van der Waals surface area contributed by atoms with Crippen molar-refractivity contribution in [1.82, 2.24) is 10.2 Å². The quantitative estimate of drug-likeness (QED) is 0.373. The summed E-state index contributed by atoms with van der Waals surface area (Å²) in [7, 11) is 0. The molecule has 168 valence electrons. The number of guanidine groups is 1. The van der Waals surface area contributed by atoms with Crippen LogP contribution < -0.4 is 5.32 Å². The molecule has 1 aromatic heterocycles. The molecular formula is C28H23N3O2S. The Morgan fingerprint density at radius 3 is 2.15 bits per heavy atom. The van der Waals surface area contributed by atoms with Crippen molar-refractivity contribution in [2.24, 2.45) is 0 Å². The fourth-order valence-corrected chi connectivity index (χ4v) is 5.27. The highest BCUT2D eigenvalue weighted by molar-refractivity contribution is 7.17. The number of nitrogens with one attached hydrogen (secondary N) is 2. The van der Waals surface area contributed by atoms with Crippen molar-refractivity contribution < 1.29 is 9.59 Å².